The normalized spacial score (nSPS) is 17.1. The van der Waals surface area contributed by atoms with Crippen LogP contribution in [0.15, 0.2) is 0 Å². The molecule has 0 aliphatic heterocycles. The van der Waals surface area contributed by atoms with Crippen LogP contribution in [0.1, 0.15) is 40.5 Å². The molecule has 0 aliphatic rings. The summed E-state index contributed by atoms with van der Waals surface area (Å²) in [4.78, 5) is 2.22. The minimum Gasteiger partial charge on any atom is -0.396 e. The van der Waals surface area contributed by atoms with Gasteiger partial charge in [0.1, 0.15) is 0 Å². The Morgan fingerprint density at radius 3 is 1.93 bits per heavy atom. The van der Waals surface area contributed by atoms with Crippen LogP contribution < -0.4 is 0 Å². The minimum absolute atomic E-state index is 0.0828. The first-order valence-corrected chi connectivity index (χ1v) is 5.50. The number of aliphatic hydroxyl groups excluding tert-OH is 1. The van der Waals surface area contributed by atoms with E-state index >= 15 is 0 Å². The van der Waals surface area contributed by atoms with Gasteiger partial charge >= 0.3 is 0 Å². The number of aliphatic hydroxyl groups is 1. The largest absolute Gasteiger partial charge is 0.396 e. The zero-order valence-electron chi connectivity index (χ0n) is 10.7. The molecule has 0 rings (SSSR count). The van der Waals surface area contributed by atoms with Gasteiger partial charge in [0, 0.05) is 13.2 Å². The Hall–Kier alpha value is -0.0800. The van der Waals surface area contributed by atoms with E-state index in [1.807, 2.05) is 0 Å². The maximum absolute atomic E-state index is 9.37. The summed E-state index contributed by atoms with van der Waals surface area (Å²) in [5.74, 6) is 0. The summed E-state index contributed by atoms with van der Waals surface area (Å²) in [6, 6.07) is 0. The molecule has 0 fully saturated rings. The molecule has 1 N–H and O–H groups in total. The summed E-state index contributed by atoms with van der Waals surface area (Å²) < 4.78 is 0. The number of rotatable bonds is 6. The minimum atomic E-state index is 0.0828. The Morgan fingerprint density at radius 1 is 1.14 bits per heavy atom. The van der Waals surface area contributed by atoms with Crippen LogP contribution in [0.25, 0.3) is 0 Å². The Morgan fingerprint density at radius 2 is 1.64 bits per heavy atom. The van der Waals surface area contributed by atoms with E-state index in [2.05, 4.69) is 46.7 Å². The molecule has 86 valence electrons. The van der Waals surface area contributed by atoms with E-state index in [4.69, 9.17) is 0 Å². The quantitative estimate of drug-likeness (QED) is 0.713. The highest BCUT2D eigenvalue weighted by Crippen LogP contribution is 2.36. The van der Waals surface area contributed by atoms with E-state index in [0.717, 1.165) is 19.4 Å². The molecule has 0 aliphatic carbocycles. The zero-order valence-corrected chi connectivity index (χ0v) is 10.7. The lowest BCUT2D eigenvalue weighted by Crippen LogP contribution is -2.35. The van der Waals surface area contributed by atoms with Crippen molar-refractivity contribution in [2.24, 2.45) is 10.8 Å². The second kappa shape index (κ2) is 5.13. The highest BCUT2D eigenvalue weighted by atomic mass is 16.3. The second-order valence-corrected chi connectivity index (χ2v) is 5.90. The third-order valence-corrected chi connectivity index (χ3v) is 2.88. The van der Waals surface area contributed by atoms with Gasteiger partial charge in [-0.2, -0.15) is 0 Å². The van der Waals surface area contributed by atoms with Gasteiger partial charge in [-0.25, -0.2) is 0 Å². The van der Waals surface area contributed by atoms with Crippen LogP contribution >= 0.6 is 0 Å². The van der Waals surface area contributed by atoms with E-state index in [1.165, 1.54) is 0 Å². The molecule has 0 saturated carbocycles. The van der Waals surface area contributed by atoms with Crippen LogP contribution in [0.4, 0.5) is 0 Å². The smallest absolute Gasteiger partial charge is 0.0484 e. The molecule has 0 bridgehead atoms. The van der Waals surface area contributed by atoms with Gasteiger partial charge in [0.25, 0.3) is 0 Å². The molecular formula is C12H27NO. The maximum atomic E-state index is 9.37. The summed E-state index contributed by atoms with van der Waals surface area (Å²) in [7, 11) is 4.20. The SMILES string of the molecule is CCC(C)(CO)CC(C)(C)CN(C)C. The van der Waals surface area contributed by atoms with Gasteiger partial charge in [0.2, 0.25) is 0 Å². The van der Waals surface area contributed by atoms with Gasteiger partial charge in [-0.3, -0.25) is 0 Å². The lowest BCUT2D eigenvalue weighted by molar-refractivity contribution is 0.0708. The molecule has 0 aromatic rings. The topological polar surface area (TPSA) is 23.5 Å². The van der Waals surface area contributed by atoms with E-state index in [-0.39, 0.29) is 10.8 Å². The summed E-state index contributed by atoms with van der Waals surface area (Å²) >= 11 is 0. The summed E-state index contributed by atoms with van der Waals surface area (Å²) in [5, 5.41) is 9.37. The molecule has 2 heteroatoms. The summed E-state index contributed by atoms with van der Waals surface area (Å²) in [6.45, 7) is 10.2. The average molecular weight is 201 g/mol. The summed E-state index contributed by atoms with van der Waals surface area (Å²) in [5.41, 5.74) is 0.358. The molecule has 0 aromatic heterocycles. The lowest BCUT2D eigenvalue weighted by Gasteiger charge is -2.37. The Labute approximate surface area is 89.3 Å². The van der Waals surface area contributed by atoms with Gasteiger partial charge in [-0.1, -0.05) is 27.7 Å². The van der Waals surface area contributed by atoms with Crippen molar-refractivity contribution in [3.8, 4) is 0 Å². The molecule has 1 unspecified atom stereocenters. The Kier molecular flexibility index (Phi) is 5.10. The third kappa shape index (κ3) is 4.97. The van der Waals surface area contributed by atoms with Crippen molar-refractivity contribution in [3.63, 3.8) is 0 Å². The Bertz CT molecular complexity index is 160. The molecule has 2 nitrogen and oxygen atoms in total. The van der Waals surface area contributed by atoms with Crippen molar-refractivity contribution in [1.29, 1.82) is 0 Å². The Balaban J connectivity index is 4.32. The van der Waals surface area contributed by atoms with Gasteiger partial charge in [0.15, 0.2) is 0 Å². The van der Waals surface area contributed by atoms with Crippen LogP contribution in [0.3, 0.4) is 0 Å². The van der Waals surface area contributed by atoms with E-state index in [0.29, 0.717) is 6.61 Å². The van der Waals surface area contributed by atoms with Crippen LogP contribution in [-0.4, -0.2) is 37.3 Å². The third-order valence-electron chi connectivity index (χ3n) is 2.88. The van der Waals surface area contributed by atoms with Crippen molar-refractivity contribution in [3.05, 3.63) is 0 Å². The van der Waals surface area contributed by atoms with Crippen LogP contribution in [0, 0.1) is 10.8 Å². The van der Waals surface area contributed by atoms with Gasteiger partial charge in [0.05, 0.1) is 0 Å². The first-order valence-electron chi connectivity index (χ1n) is 5.50. The van der Waals surface area contributed by atoms with Gasteiger partial charge in [-0.15, -0.1) is 0 Å². The van der Waals surface area contributed by atoms with E-state index in [9.17, 15) is 5.11 Å². The van der Waals surface area contributed by atoms with Crippen molar-refractivity contribution >= 4 is 0 Å². The van der Waals surface area contributed by atoms with Crippen LogP contribution in [-0.2, 0) is 0 Å². The monoisotopic (exact) mass is 201 g/mol. The number of hydrogen-bond acceptors (Lipinski definition) is 2. The first kappa shape index (κ1) is 13.9. The van der Waals surface area contributed by atoms with E-state index < -0.39 is 0 Å². The average Bonchev–Trinajstić information content (AvgIpc) is 2.01. The fourth-order valence-electron chi connectivity index (χ4n) is 2.36. The number of hydrogen-bond donors (Lipinski definition) is 1. The fourth-order valence-corrected chi connectivity index (χ4v) is 2.36. The maximum Gasteiger partial charge on any atom is 0.0484 e. The van der Waals surface area contributed by atoms with Crippen LogP contribution in [0.2, 0.25) is 0 Å². The zero-order chi connectivity index (χ0) is 11.4. The molecule has 0 spiro atoms. The molecule has 0 saturated heterocycles. The lowest BCUT2D eigenvalue weighted by atomic mass is 9.73. The second-order valence-electron chi connectivity index (χ2n) is 5.90. The van der Waals surface area contributed by atoms with E-state index in [1.54, 1.807) is 0 Å². The molecule has 0 aromatic carbocycles. The molecule has 14 heavy (non-hydrogen) atoms. The van der Waals surface area contributed by atoms with Crippen molar-refractivity contribution < 1.29 is 5.11 Å². The predicted molar refractivity (Wildman–Crippen MR) is 62.4 cm³/mol. The molecule has 0 radical (unpaired) electrons. The van der Waals surface area contributed by atoms with Crippen LogP contribution in [0.5, 0.6) is 0 Å². The highest BCUT2D eigenvalue weighted by Gasteiger charge is 2.30. The van der Waals surface area contributed by atoms with Gasteiger partial charge in [-0.05, 0) is 37.8 Å². The highest BCUT2D eigenvalue weighted by molar-refractivity contribution is 4.82. The summed E-state index contributed by atoms with van der Waals surface area (Å²) in [6.07, 6.45) is 2.12. The van der Waals surface area contributed by atoms with Gasteiger partial charge < -0.3 is 10.0 Å². The predicted octanol–water partition coefficient (Wildman–Crippen LogP) is 2.37. The number of nitrogens with zero attached hydrogens (tertiary/aromatic N) is 1. The fraction of sp³-hybridized carbons (Fsp3) is 1.00. The van der Waals surface area contributed by atoms with Crippen molar-refractivity contribution in [2.75, 3.05) is 27.2 Å². The molecular weight excluding hydrogens is 174 g/mol. The standard InChI is InChI=1S/C12H27NO/c1-7-12(4,10-14)8-11(2,3)9-13(5)6/h14H,7-10H2,1-6H3. The first-order chi connectivity index (χ1) is 6.24. The van der Waals surface area contributed by atoms with Crippen molar-refractivity contribution in [2.45, 2.75) is 40.5 Å². The molecule has 0 heterocycles. The molecule has 1 atom stereocenters. The van der Waals surface area contributed by atoms with Crippen molar-refractivity contribution in [1.82, 2.24) is 4.90 Å². The molecule has 0 amide bonds.